The molecular formula is C8H14N4. The maximum Gasteiger partial charge on any atom is 0.0837 e. The summed E-state index contributed by atoms with van der Waals surface area (Å²) in [6.07, 6.45) is 5.55. The fraction of sp³-hybridized carbons (Fsp3) is 0.750. The van der Waals surface area contributed by atoms with Gasteiger partial charge >= 0.3 is 0 Å². The van der Waals surface area contributed by atoms with Crippen LogP contribution in [0, 0.1) is 0 Å². The molecule has 4 nitrogen and oxygen atoms in total. The number of hydrogen-bond acceptors (Lipinski definition) is 3. The van der Waals surface area contributed by atoms with Gasteiger partial charge in [-0.05, 0) is 25.9 Å². The molecule has 2 heterocycles. The van der Waals surface area contributed by atoms with Crippen molar-refractivity contribution in [3.05, 3.63) is 11.9 Å². The minimum atomic E-state index is 1.02. The van der Waals surface area contributed by atoms with Crippen LogP contribution in [0.25, 0.3) is 0 Å². The van der Waals surface area contributed by atoms with Crippen LogP contribution in [0.3, 0.4) is 0 Å². The third kappa shape index (κ3) is 1.82. The van der Waals surface area contributed by atoms with Crippen LogP contribution in [0.5, 0.6) is 0 Å². The van der Waals surface area contributed by atoms with Gasteiger partial charge in [0.2, 0.25) is 0 Å². The molecule has 1 fully saturated rings. The zero-order chi connectivity index (χ0) is 8.23. The summed E-state index contributed by atoms with van der Waals surface area (Å²) < 4.78 is 0. The number of hydrogen-bond donors (Lipinski definition) is 1. The summed E-state index contributed by atoms with van der Waals surface area (Å²) in [5.41, 5.74) is 1.07. The molecule has 1 N–H and O–H groups in total. The summed E-state index contributed by atoms with van der Waals surface area (Å²) in [6, 6.07) is 0. The van der Waals surface area contributed by atoms with Gasteiger partial charge in [-0.15, -0.1) is 0 Å². The van der Waals surface area contributed by atoms with Gasteiger partial charge in [-0.1, -0.05) is 0 Å². The number of likely N-dealkylation sites (tertiary alicyclic amines) is 1. The van der Waals surface area contributed by atoms with E-state index in [0.29, 0.717) is 0 Å². The molecule has 0 bridgehead atoms. The van der Waals surface area contributed by atoms with E-state index in [1.54, 1.807) is 6.20 Å². The van der Waals surface area contributed by atoms with Crippen molar-refractivity contribution in [2.24, 2.45) is 0 Å². The molecule has 1 aromatic heterocycles. The van der Waals surface area contributed by atoms with Crippen LogP contribution < -0.4 is 0 Å². The molecule has 0 radical (unpaired) electrons. The Bertz CT molecular complexity index is 213. The molecule has 1 aliphatic rings. The first-order valence-electron chi connectivity index (χ1n) is 4.52. The second-order valence-electron chi connectivity index (χ2n) is 3.26. The second-order valence-corrected chi connectivity index (χ2v) is 3.26. The van der Waals surface area contributed by atoms with E-state index in [-0.39, 0.29) is 0 Å². The first-order chi connectivity index (χ1) is 5.95. The van der Waals surface area contributed by atoms with E-state index in [0.717, 1.165) is 18.7 Å². The van der Waals surface area contributed by atoms with Crippen LogP contribution >= 0.6 is 0 Å². The summed E-state index contributed by atoms with van der Waals surface area (Å²) in [7, 11) is 0. The molecule has 0 amide bonds. The van der Waals surface area contributed by atoms with E-state index in [4.69, 9.17) is 0 Å². The molecule has 1 aromatic rings. The molecule has 0 unspecified atom stereocenters. The predicted molar refractivity (Wildman–Crippen MR) is 45.8 cm³/mol. The van der Waals surface area contributed by atoms with Gasteiger partial charge in [-0.2, -0.15) is 15.4 Å². The standard InChI is InChI=1S/C8H14N4/c1-2-5-12(4-1)6-3-8-7-9-11-10-8/h7H,1-6H2,(H,9,10,11). The molecule has 1 aliphatic heterocycles. The minimum Gasteiger partial charge on any atom is -0.303 e. The van der Waals surface area contributed by atoms with Crippen LogP contribution in [0.2, 0.25) is 0 Å². The maximum atomic E-state index is 4.01. The first-order valence-corrected chi connectivity index (χ1v) is 4.52. The Morgan fingerprint density at radius 2 is 2.25 bits per heavy atom. The SMILES string of the molecule is c1n[nH]nc1CCN1CCCC1. The minimum absolute atomic E-state index is 1.02. The quantitative estimate of drug-likeness (QED) is 0.708. The fourth-order valence-electron chi connectivity index (χ4n) is 1.62. The van der Waals surface area contributed by atoms with E-state index in [1.165, 1.54) is 25.9 Å². The summed E-state index contributed by atoms with van der Waals surface area (Å²) in [5, 5.41) is 10.4. The average molecular weight is 166 g/mol. The number of nitrogens with zero attached hydrogens (tertiary/aromatic N) is 3. The Kier molecular flexibility index (Phi) is 2.36. The van der Waals surface area contributed by atoms with Gasteiger partial charge in [0, 0.05) is 13.0 Å². The zero-order valence-electron chi connectivity index (χ0n) is 7.16. The van der Waals surface area contributed by atoms with Gasteiger partial charge in [0.25, 0.3) is 0 Å². The topological polar surface area (TPSA) is 44.8 Å². The van der Waals surface area contributed by atoms with Gasteiger partial charge in [-0.25, -0.2) is 0 Å². The molecule has 0 atom stereocenters. The van der Waals surface area contributed by atoms with Gasteiger partial charge in [0.05, 0.1) is 11.9 Å². The van der Waals surface area contributed by atoms with Crippen molar-refractivity contribution in [1.82, 2.24) is 20.3 Å². The number of aromatic amines is 1. The Balaban J connectivity index is 1.74. The van der Waals surface area contributed by atoms with Crippen molar-refractivity contribution < 1.29 is 0 Å². The van der Waals surface area contributed by atoms with Gasteiger partial charge in [0.1, 0.15) is 0 Å². The Morgan fingerprint density at radius 1 is 1.42 bits per heavy atom. The third-order valence-corrected chi connectivity index (χ3v) is 2.35. The number of rotatable bonds is 3. The fourth-order valence-corrected chi connectivity index (χ4v) is 1.62. The summed E-state index contributed by atoms with van der Waals surface area (Å²) in [4.78, 5) is 2.48. The lowest BCUT2D eigenvalue weighted by Gasteiger charge is -2.12. The molecule has 1 saturated heterocycles. The van der Waals surface area contributed by atoms with E-state index in [1.807, 2.05) is 0 Å². The predicted octanol–water partition coefficient (Wildman–Crippen LogP) is 0.443. The molecule has 4 heteroatoms. The first kappa shape index (κ1) is 7.73. The van der Waals surface area contributed by atoms with Crippen molar-refractivity contribution in [3.8, 4) is 0 Å². The van der Waals surface area contributed by atoms with Crippen molar-refractivity contribution >= 4 is 0 Å². The highest BCUT2D eigenvalue weighted by Gasteiger charge is 2.10. The normalized spacial score (nSPS) is 18.7. The lowest BCUT2D eigenvalue weighted by molar-refractivity contribution is 0.342. The largest absolute Gasteiger partial charge is 0.303 e. The van der Waals surface area contributed by atoms with E-state index in [2.05, 4.69) is 20.3 Å². The highest BCUT2D eigenvalue weighted by atomic mass is 15.3. The highest BCUT2D eigenvalue weighted by Crippen LogP contribution is 2.07. The van der Waals surface area contributed by atoms with Crippen molar-refractivity contribution in [1.29, 1.82) is 0 Å². The van der Waals surface area contributed by atoms with Crippen LogP contribution in [-0.2, 0) is 6.42 Å². The summed E-state index contributed by atoms with van der Waals surface area (Å²) in [5.74, 6) is 0. The molecule has 2 rings (SSSR count). The zero-order valence-corrected chi connectivity index (χ0v) is 7.16. The molecule has 0 aliphatic carbocycles. The van der Waals surface area contributed by atoms with Crippen LogP contribution in [-0.4, -0.2) is 39.9 Å². The van der Waals surface area contributed by atoms with Crippen molar-refractivity contribution in [2.75, 3.05) is 19.6 Å². The van der Waals surface area contributed by atoms with Crippen molar-refractivity contribution in [3.63, 3.8) is 0 Å². The van der Waals surface area contributed by atoms with Gasteiger partial charge in [-0.3, -0.25) is 0 Å². The van der Waals surface area contributed by atoms with Crippen LogP contribution in [0.4, 0.5) is 0 Å². The van der Waals surface area contributed by atoms with Crippen LogP contribution in [0.1, 0.15) is 18.5 Å². The third-order valence-electron chi connectivity index (χ3n) is 2.35. The molecule has 0 spiro atoms. The Morgan fingerprint density at radius 3 is 2.92 bits per heavy atom. The lowest BCUT2D eigenvalue weighted by Crippen LogP contribution is -2.21. The lowest BCUT2D eigenvalue weighted by atomic mass is 10.3. The average Bonchev–Trinajstić information content (AvgIpc) is 2.74. The Hall–Kier alpha value is -0.900. The maximum absolute atomic E-state index is 4.01. The number of H-pyrrole nitrogens is 1. The Labute approximate surface area is 72.0 Å². The number of aromatic nitrogens is 3. The molecule has 0 aromatic carbocycles. The smallest absolute Gasteiger partial charge is 0.0837 e. The van der Waals surface area contributed by atoms with Gasteiger partial charge < -0.3 is 4.90 Å². The van der Waals surface area contributed by atoms with E-state index < -0.39 is 0 Å². The summed E-state index contributed by atoms with van der Waals surface area (Å²) >= 11 is 0. The number of nitrogens with one attached hydrogen (secondary N) is 1. The molecule has 66 valence electrons. The molecule has 0 saturated carbocycles. The molecular weight excluding hydrogens is 152 g/mol. The van der Waals surface area contributed by atoms with Crippen molar-refractivity contribution in [2.45, 2.75) is 19.3 Å². The monoisotopic (exact) mass is 166 g/mol. The van der Waals surface area contributed by atoms with Gasteiger partial charge in [0.15, 0.2) is 0 Å². The second kappa shape index (κ2) is 3.67. The van der Waals surface area contributed by atoms with Crippen LogP contribution in [0.15, 0.2) is 6.20 Å². The van der Waals surface area contributed by atoms with E-state index in [9.17, 15) is 0 Å². The van der Waals surface area contributed by atoms with E-state index >= 15 is 0 Å². The highest BCUT2D eigenvalue weighted by molar-refractivity contribution is 4.91. The molecule has 12 heavy (non-hydrogen) atoms. The summed E-state index contributed by atoms with van der Waals surface area (Å²) in [6.45, 7) is 3.65.